The summed E-state index contributed by atoms with van der Waals surface area (Å²) in [5.41, 5.74) is 1.61. The molecule has 1 unspecified atom stereocenters. The number of benzene rings is 2. The van der Waals surface area contributed by atoms with Gasteiger partial charge in [0.1, 0.15) is 0 Å². The smallest absolute Gasteiger partial charge is 0.319 e. The first kappa shape index (κ1) is 17.7. The SMILES string of the molecule is CCNC(=O)Nc1cccc(NC(=O)c2ccc(S(C)=O)cc2)c1. The fraction of sp³-hybridized carbons (Fsp3) is 0.176. The second-order valence-corrected chi connectivity index (χ2v) is 6.38. The maximum Gasteiger partial charge on any atom is 0.319 e. The van der Waals surface area contributed by atoms with E-state index in [9.17, 15) is 13.8 Å². The summed E-state index contributed by atoms with van der Waals surface area (Å²) in [7, 11) is -1.08. The first-order valence-corrected chi connectivity index (χ1v) is 8.95. The number of nitrogens with one attached hydrogen (secondary N) is 3. The molecule has 0 aliphatic rings. The third kappa shape index (κ3) is 4.92. The average molecular weight is 345 g/mol. The van der Waals surface area contributed by atoms with Crippen molar-refractivity contribution in [1.82, 2.24) is 5.32 Å². The van der Waals surface area contributed by atoms with Crippen molar-refractivity contribution in [1.29, 1.82) is 0 Å². The van der Waals surface area contributed by atoms with E-state index in [-0.39, 0.29) is 11.9 Å². The molecule has 0 fully saturated rings. The lowest BCUT2D eigenvalue weighted by Crippen LogP contribution is -2.28. The molecule has 0 bridgehead atoms. The first-order valence-electron chi connectivity index (χ1n) is 7.39. The summed E-state index contributed by atoms with van der Waals surface area (Å²) in [5, 5.41) is 8.08. The third-order valence-electron chi connectivity index (χ3n) is 3.16. The second-order valence-electron chi connectivity index (χ2n) is 5.00. The van der Waals surface area contributed by atoms with Crippen LogP contribution in [0.25, 0.3) is 0 Å². The number of carbonyl (C=O) groups excluding carboxylic acids is 2. The topological polar surface area (TPSA) is 87.3 Å². The molecule has 0 aliphatic carbocycles. The molecule has 3 amide bonds. The van der Waals surface area contributed by atoms with Crippen LogP contribution in [-0.2, 0) is 10.8 Å². The Morgan fingerprint density at radius 3 is 2.21 bits per heavy atom. The van der Waals surface area contributed by atoms with E-state index in [0.717, 1.165) is 0 Å². The van der Waals surface area contributed by atoms with Crippen LogP contribution in [0.2, 0.25) is 0 Å². The summed E-state index contributed by atoms with van der Waals surface area (Å²) in [4.78, 5) is 24.4. The van der Waals surface area contributed by atoms with Crippen LogP contribution in [-0.4, -0.2) is 28.9 Å². The van der Waals surface area contributed by atoms with Gasteiger partial charge in [-0.25, -0.2) is 4.79 Å². The van der Waals surface area contributed by atoms with E-state index in [2.05, 4.69) is 16.0 Å². The Morgan fingerprint density at radius 1 is 1.00 bits per heavy atom. The molecule has 0 spiro atoms. The van der Waals surface area contributed by atoms with Crippen LogP contribution >= 0.6 is 0 Å². The van der Waals surface area contributed by atoms with Crippen molar-refractivity contribution in [3.05, 3.63) is 54.1 Å². The summed E-state index contributed by atoms with van der Waals surface area (Å²) in [5.74, 6) is -0.279. The van der Waals surface area contributed by atoms with Gasteiger partial charge in [0.05, 0.1) is 0 Å². The molecule has 7 heteroatoms. The number of urea groups is 1. The molecule has 0 radical (unpaired) electrons. The summed E-state index contributed by atoms with van der Waals surface area (Å²) in [6.07, 6.45) is 1.59. The van der Waals surface area contributed by atoms with Gasteiger partial charge in [-0.05, 0) is 49.4 Å². The van der Waals surface area contributed by atoms with Crippen molar-refractivity contribution >= 4 is 34.1 Å². The van der Waals surface area contributed by atoms with Gasteiger partial charge in [0, 0.05) is 45.4 Å². The summed E-state index contributed by atoms with van der Waals surface area (Å²) < 4.78 is 11.4. The van der Waals surface area contributed by atoms with Crippen molar-refractivity contribution in [3.8, 4) is 0 Å². The zero-order valence-electron chi connectivity index (χ0n) is 13.5. The Bertz CT molecular complexity index is 760. The Hall–Kier alpha value is -2.67. The predicted molar refractivity (Wildman–Crippen MR) is 95.9 cm³/mol. The molecule has 1 atom stereocenters. The zero-order valence-corrected chi connectivity index (χ0v) is 14.3. The van der Waals surface area contributed by atoms with Crippen molar-refractivity contribution in [3.63, 3.8) is 0 Å². The fourth-order valence-electron chi connectivity index (χ4n) is 2.01. The molecule has 24 heavy (non-hydrogen) atoms. The van der Waals surface area contributed by atoms with Crippen LogP contribution in [0.4, 0.5) is 16.2 Å². The maximum atomic E-state index is 12.2. The largest absolute Gasteiger partial charge is 0.338 e. The Kier molecular flexibility index (Phi) is 6.08. The van der Waals surface area contributed by atoms with E-state index in [0.29, 0.717) is 28.4 Å². The molecule has 0 aromatic heterocycles. The van der Waals surface area contributed by atoms with Crippen molar-refractivity contribution in [2.45, 2.75) is 11.8 Å². The molecule has 6 nitrogen and oxygen atoms in total. The maximum absolute atomic E-state index is 12.2. The minimum Gasteiger partial charge on any atom is -0.338 e. The molecule has 2 aromatic carbocycles. The molecule has 3 N–H and O–H groups in total. The highest BCUT2D eigenvalue weighted by atomic mass is 32.2. The van der Waals surface area contributed by atoms with Gasteiger partial charge in [0.2, 0.25) is 0 Å². The van der Waals surface area contributed by atoms with E-state index in [1.807, 2.05) is 6.92 Å². The highest BCUT2D eigenvalue weighted by Crippen LogP contribution is 2.16. The van der Waals surface area contributed by atoms with Crippen LogP contribution in [0.1, 0.15) is 17.3 Å². The van der Waals surface area contributed by atoms with Gasteiger partial charge in [0.15, 0.2) is 0 Å². The van der Waals surface area contributed by atoms with E-state index in [1.54, 1.807) is 54.8 Å². The minimum absolute atomic E-state index is 0.279. The van der Waals surface area contributed by atoms with Gasteiger partial charge in [-0.1, -0.05) is 6.07 Å². The quantitative estimate of drug-likeness (QED) is 0.779. The summed E-state index contributed by atoms with van der Waals surface area (Å²) in [6.45, 7) is 2.36. The number of amides is 3. The lowest BCUT2D eigenvalue weighted by Gasteiger charge is -2.09. The molecular formula is C17H19N3O3S. The molecule has 126 valence electrons. The number of anilines is 2. The van der Waals surface area contributed by atoms with Gasteiger partial charge in [0.25, 0.3) is 5.91 Å². The molecule has 0 saturated carbocycles. The molecule has 0 aliphatic heterocycles. The highest BCUT2D eigenvalue weighted by molar-refractivity contribution is 7.84. The Morgan fingerprint density at radius 2 is 1.62 bits per heavy atom. The normalized spacial score (nSPS) is 11.4. The highest BCUT2D eigenvalue weighted by Gasteiger charge is 2.08. The number of hydrogen-bond donors (Lipinski definition) is 3. The molecule has 0 saturated heterocycles. The van der Waals surface area contributed by atoms with E-state index in [1.165, 1.54) is 0 Å². The zero-order chi connectivity index (χ0) is 17.5. The molecule has 2 rings (SSSR count). The van der Waals surface area contributed by atoms with Gasteiger partial charge < -0.3 is 16.0 Å². The van der Waals surface area contributed by atoms with Gasteiger partial charge >= 0.3 is 6.03 Å². The van der Waals surface area contributed by atoms with Crippen LogP contribution in [0.5, 0.6) is 0 Å². The number of carbonyl (C=O) groups is 2. The van der Waals surface area contributed by atoms with E-state index >= 15 is 0 Å². The average Bonchev–Trinajstić information content (AvgIpc) is 2.55. The minimum atomic E-state index is -1.08. The van der Waals surface area contributed by atoms with Crippen molar-refractivity contribution in [2.24, 2.45) is 0 Å². The number of rotatable bonds is 5. The first-order chi connectivity index (χ1) is 11.5. The van der Waals surface area contributed by atoms with Crippen LogP contribution in [0, 0.1) is 0 Å². The van der Waals surface area contributed by atoms with Crippen LogP contribution in [0.3, 0.4) is 0 Å². The van der Waals surface area contributed by atoms with Crippen molar-refractivity contribution in [2.75, 3.05) is 23.4 Å². The van der Waals surface area contributed by atoms with E-state index < -0.39 is 10.8 Å². The monoisotopic (exact) mass is 345 g/mol. The lowest BCUT2D eigenvalue weighted by molar-refractivity contribution is 0.102. The number of hydrogen-bond acceptors (Lipinski definition) is 3. The van der Waals surface area contributed by atoms with Gasteiger partial charge in [-0.15, -0.1) is 0 Å². The Labute approximate surface area is 143 Å². The summed E-state index contributed by atoms with van der Waals surface area (Å²) >= 11 is 0. The van der Waals surface area contributed by atoms with E-state index in [4.69, 9.17) is 0 Å². The van der Waals surface area contributed by atoms with Gasteiger partial charge in [-0.2, -0.15) is 0 Å². The third-order valence-corrected chi connectivity index (χ3v) is 4.10. The lowest BCUT2D eigenvalue weighted by atomic mass is 10.2. The standard InChI is InChI=1S/C17H19N3O3S/c1-3-18-17(22)20-14-6-4-5-13(11-14)19-16(21)12-7-9-15(10-8-12)24(2)23/h4-11H,3H2,1-2H3,(H,19,21)(H2,18,20,22). The van der Waals surface area contributed by atoms with Gasteiger partial charge in [-0.3, -0.25) is 9.00 Å². The molecule has 0 heterocycles. The van der Waals surface area contributed by atoms with Crippen LogP contribution < -0.4 is 16.0 Å². The fourth-order valence-corrected chi connectivity index (χ4v) is 2.53. The summed E-state index contributed by atoms with van der Waals surface area (Å²) in [6, 6.07) is 13.2. The second kappa shape index (κ2) is 8.26. The Balaban J connectivity index is 2.06. The molecular weight excluding hydrogens is 326 g/mol. The van der Waals surface area contributed by atoms with Crippen molar-refractivity contribution < 1.29 is 13.8 Å². The van der Waals surface area contributed by atoms with Crippen LogP contribution in [0.15, 0.2) is 53.4 Å². The molecule has 2 aromatic rings. The predicted octanol–water partition coefficient (Wildman–Crippen LogP) is 2.82.